The third-order valence-corrected chi connectivity index (χ3v) is 0. The van der Waals surface area contributed by atoms with E-state index in [-0.39, 0.29) is 62.3 Å². The van der Waals surface area contributed by atoms with Gasteiger partial charge in [0.2, 0.25) is 0 Å². The second-order valence-corrected chi connectivity index (χ2v) is 0. The molecule has 25 valence electrons. The van der Waals surface area contributed by atoms with Gasteiger partial charge in [-0.2, -0.15) is 0 Å². The van der Waals surface area contributed by atoms with Crippen molar-refractivity contribution < 1.29 is 40.0 Å². The van der Waals surface area contributed by atoms with Crippen molar-refractivity contribution in [2.75, 3.05) is 0 Å². The molecule has 0 aromatic carbocycles. The zero-order valence-electron chi connectivity index (χ0n) is 1.15. The minimum absolute atomic E-state index is 0. The first kappa shape index (κ1) is 16.1. The Balaban J connectivity index is -0.00000000500. The van der Waals surface area contributed by atoms with E-state index in [1.54, 1.807) is 0 Å². The molecule has 0 rings (SSSR count). The first-order valence-electron chi connectivity index (χ1n) is 0.167. The molecule has 0 spiro atoms. The van der Waals surface area contributed by atoms with E-state index in [1.807, 2.05) is 0 Å². The van der Waals surface area contributed by atoms with Crippen molar-refractivity contribution >= 4 is 45.5 Å². The summed E-state index contributed by atoms with van der Waals surface area (Å²) in [4.78, 5) is 0. The van der Waals surface area contributed by atoms with Crippen LogP contribution in [0.3, 0.4) is 0 Å². The van der Waals surface area contributed by atoms with Gasteiger partial charge in [0.1, 0.15) is 0 Å². The van der Waals surface area contributed by atoms with Gasteiger partial charge in [-0.3, -0.25) is 0 Å². The molecule has 0 aliphatic carbocycles. The predicted octanol–water partition coefficient (Wildman–Crippen LogP) is -1.04. The first-order valence-corrected chi connectivity index (χ1v) is 0.986. The normalized spacial score (nSPS) is 1.00. The summed E-state index contributed by atoms with van der Waals surface area (Å²) in [5.41, 5.74) is 0. The van der Waals surface area contributed by atoms with Gasteiger partial charge < -0.3 is 0 Å². The van der Waals surface area contributed by atoms with Crippen LogP contribution in [0.4, 0.5) is 0 Å². The standard InChI is InChI=1S/Co.Mo.O.Sr.2H. The summed E-state index contributed by atoms with van der Waals surface area (Å²) < 4.78 is 8.26. The van der Waals surface area contributed by atoms with E-state index in [0.717, 1.165) is 0 Å². The molecular formula is H2CoMoOSr. The van der Waals surface area contributed by atoms with E-state index in [9.17, 15) is 0 Å². The number of hydrogen-bond acceptors (Lipinski definition) is 1. The third-order valence-electron chi connectivity index (χ3n) is 0. The van der Waals surface area contributed by atoms with Crippen molar-refractivity contribution in [3.8, 4) is 0 Å². The molecule has 0 atom stereocenters. The summed E-state index contributed by atoms with van der Waals surface area (Å²) in [5.74, 6) is 0. The zero-order chi connectivity index (χ0) is 2.00. The third kappa shape index (κ3) is 8.82. The van der Waals surface area contributed by atoms with E-state index >= 15 is 0 Å². The quantitative estimate of drug-likeness (QED) is 0.509. The van der Waals surface area contributed by atoms with E-state index in [4.69, 9.17) is 3.40 Å². The first-order chi connectivity index (χ1) is 1.00. The molecule has 0 aliphatic rings. The van der Waals surface area contributed by atoms with Crippen LogP contribution in [-0.2, 0) is 40.0 Å². The monoisotopic (exact) mass is 263 g/mol. The van der Waals surface area contributed by atoms with Gasteiger partial charge in [-0.15, -0.1) is 0 Å². The van der Waals surface area contributed by atoms with Crippen LogP contribution in [0.1, 0.15) is 0 Å². The Morgan fingerprint density at radius 2 is 1.25 bits per heavy atom. The molecule has 0 fully saturated rings. The van der Waals surface area contributed by atoms with Crippen molar-refractivity contribution in [1.29, 1.82) is 0 Å². The summed E-state index contributed by atoms with van der Waals surface area (Å²) in [7, 11) is 0. The molecule has 0 saturated heterocycles. The van der Waals surface area contributed by atoms with Crippen LogP contribution in [0.25, 0.3) is 0 Å². The Hall–Kier alpha value is 2.48. The van der Waals surface area contributed by atoms with Crippen LogP contribution in [0.2, 0.25) is 0 Å². The fourth-order valence-electron chi connectivity index (χ4n) is 0. The van der Waals surface area contributed by atoms with Gasteiger partial charge in [0, 0.05) is 16.8 Å². The van der Waals surface area contributed by atoms with Crippen LogP contribution in [-0.4, -0.2) is 45.5 Å². The van der Waals surface area contributed by atoms with Crippen molar-refractivity contribution in [2.45, 2.75) is 0 Å². The van der Waals surface area contributed by atoms with Crippen molar-refractivity contribution in [3.05, 3.63) is 0 Å². The Bertz CT molecular complexity index is 8.00. The minimum atomic E-state index is 0. The van der Waals surface area contributed by atoms with Crippen LogP contribution in [0.5, 0.6) is 0 Å². The van der Waals surface area contributed by atoms with E-state index in [2.05, 4.69) is 0 Å². The van der Waals surface area contributed by atoms with Gasteiger partial charge in [-0.25, -0.2) is 0 Å². The summed E-state index contributed by atoms with van der Waals surface area (Å²) in [6.45, 7) is 0. The molecule has 0 saturated carbocycles. The topological polar surface area (TPSA) is 17.1 Å². The molecule has 0 aromatic heterocycles. The van der Waals surface area contributed by atoms with Gasteiger partial charge >= 0.3 is 68.7 Å². The Kier molecular flexibility index (Phi) is 71.9. The summed E-state index contributed by atoms with van der Waals surface area (Å²) in [6.07, 6.45) is 0. The molecule has 0 amide bonds. The van der Waals surface area contributed by atoms with Crippen molar-refractivity contribution in [1.82, 2.24) is 0 Å². The average molecular weight is 261 g/mol. The number of hydrogen-bond donors (Lipinski definition) is 0. The SMILES string of the molecule is [Co].[O]=[Mo].[SrH2]. The fraction of sp³-hybridized carbons (Fsp3) is 0. The zero-order valence-corrected chi connectivity index (χ0v) is 4.20. The van der Waals surface area contributed by atoms with Gasteiger partial charge in [0.05, 0.1) is 0 Å². The molecule has 4 heteroatoms. The fourth-order valence-corrected chi connectivity index (χ4v) is 0. The van der Waals surface area contributed by atoms with Crippen LogP contribution in [0, 0.1) is 0 Å². The Morgan fingerprint density at radius 1 is 1.25 bits per heavy atom. The average Bonchev–Trinajstić information content (AvgIpc) is 1.00. The molecule has 0 heterocycles. The maximum absolute atomic E-state index is 8.26. The molecule has 0 bridgehead atoms. The van der Waals surface area contributed by atoms with Gasteiger partial charge in [-0.1, -0.05) is 0 Å². The Labute approximate surface area is 83.6 Å². The molecule has 0 aromatic rings. The van der Waals surface area contributed by atoms with Crippen molar-refractivity contribution in [3.63, 3.8) is 0 Å². The van der Waals surface area contributed by atoms with E-state index in [1.165, 1.54) is 0 Å². The van der Waals surface area contributed by atoms with Crippen LogP contribution >= 0.6 is 0 Å². The second-order valence-electron chi connectivity index (χ2n) is 0. The molecule has 0 unspecified atom stereocenters. The molecule has 1 radical (unpaired) electrons. The van der Waals surface area contributed by atoms with Crippen LogP contribution < -0.4 is 0 Å². The Morgan fingerprint density at radius 3 is 1.25 bits per heavy atom. The van der Waals surface area contributed by atoms with Crippen LogP contribution in [0.15, 0.2) is 0 Å². The van der Waals surface area contributed by atoms with Gasteiger partial charge in [0.25, 0.3) is 0 Å². The van der Waals surface area contributed by atoms with Crippen molar-refractivity contribution in [2.24, 2.45) is 0 Å². The second kappa shape index (κ2) is 17.9. The number of rotatable bonds is 0. The molecule has 0 aliphatic heterocycles. The maximum atomic E-state index is 8.26. The summed E-state index contributed by atoms with van der Waals surface area (Å²) in [6, 6.07) is 0. The van der Waals surface area contributed by atoms with E-state index < -0.39 is 0 Å². The molecule has 1 nitrogen and oxygen atoms in total. The molecular weight excluding hydrogens is 258 g/mol. The molecule has 0 N–H and O–H groups in total. The van der Waals surface area contributed by atoms with Gasteiger partial charge in [-0.05, 0) is 0 Å². The summed E-state index contributed by atoms with van der Waals surface area (Å²) >= 11 is 0.700. The summed E-state index contributed by atoms with van der Waals surface area (Å²) in [5, 5.41) is 0. The molecule has 4 heavy (non-hydrogen) atoms. The van der Waals surface area contributed by atoms with Gasteiger partial charge in [0.15, 0.2) is 0 Å². The predicted molar refractivity (Wildman–Crippen MR) is 9.23 cm³/mol. The van der Waals surface area contributed by atoms with E-state index in [0.29, 0.717) is 19.8 Å².